The molecule has 28 heavy (non-hydrogen) atoms. The highest BCUT2D eigenvalue weighted by atomic mass is 16.5. The Morgan fingerprint density at radius 3 is 2.25 bits per heavy atom. The number of benzene rings is 1. The van der Waals surface area contributed by atoms with Crippen LogP contribution in [0, 0.1) is 5.92 Å². The summed E-state index contributed by atoms with van der Waals surface area (Å²) >= 11 is 0. The summed E-state index contributed by atoms with van der Waals surface area (Å²) in [4.78, 5) is 50.1. The second-order valence-corrected chi connectivity index (χ2v) is 6.65. The van der Waals surface area contributed by atoms with Crippen molar-refractivity contribution in [3.63, 3.8) is 0 Å². The third kappa shape index (κ3) is 3.80. The van der Waals surface area contributed by atoms with Crippen LogP contribution in [0.5, 0.6) is 0 Å². The molecule has 0 saturated heterocycles. The number of imide groups is 1. The molecule has 0 aliphatic carbocycles. The average Bonchev–Trinajstić information content (AvgIpc) is 3.29. The van der Waals surface area contributed by atoms with Crippen molar-refractivity contribution >= 4 is 23.7 Å². The number of nitrogens with one attached hydrogen (secondary N) is 1. The third-order valence-electron chi connectivity index (χ3n) is 4.39. The molecule has 0 radical (unpaired) electrons. The molecule has 1 N–H and O–H groups in total. The molecule has 8 nitrogen and oxygen atoms in total. The van der Waals surface area contributed by atoms with Gasteiger partial charge in [0, 0.05) is 0 Å². The highest BCUT2D eigenvalue weighted by Gasteiger charge is 2.35. The molecule has 0 bridgehead atoms. The van der Waals surface area contributed by atoms with Gasteiger partial charge in [0.25, 0.3) is 17.7 Å². The molecule has 1 aliphatic rings. The van der Waals surface area contributed by atoms with Crippen LogP contribution in [0.3, 0.4) is 0 Å². The van der Waals surface area contributed by atoms with Crippen molar-refractivity contribution in [3.8, 4) is 0 Å². The van der Waals surface area contributed by atoms with E-state index in [9.17, 15) is 19.2 Å². The summed E-state index contributed by atoms with van der Waals surface area (Å²) in [6.07, 6.45) is 1.36. The normalized spacial score (nSPS) is 14.2. The Kier molecular flexibility index (Phi) is 5.58. The van der Waals surface area contributed by atoms with Crippen molar-refractivity contribution in [3.05, 3.63) is 59.5 Å². The second kappa shape index (κ2) is 8.08. The molecule has 3 amide bonds. The van der Waals surface area contributed by atoms with Gasteiger partial charge in [-0.05, 0) is 30.2 Å². The van der Waals surface area contributed by atoms with Crippen LogP contribution in [0.1, 0.15) is 45.1 Å². The van der Waals surface area contributed by atoms with E-state index in [2.05, 4.69) is 5.32 Å². The molecular weight excluding hydrogens is 364 g/mol. The lowest BCUT2D eigenvalue weighted by atomic mass is 10.0. The molecule has 2 aromatic rings. The van der Waals surface area contributed by atoms with Crippen molar-refractivity contribution < 1.29 is 28.3 Å². The van der Waals surface area contributed by atoms with Crippen molar-refractivity contribution in [1.29, 1.82) is 0 Å². The van der Waals surface area contributed by atoms with Crippen LogP contribution in [0.4, 0.5) is 0 Å². The summed E-state index contributed by atoms with van der Waals surface area (Å²) in [5.74, 6) is -2.14. The molecule has 146 valence electrons. The zero-order chi connectivity index (χ0) is 20.3. The molecule has 1 aliphatic heterocycles. The highest BCUT2D eigenvalue weighted by Crippen LogP contribution is 2.22. The average molecular weight is 384 g/mol. The number of nitrogens with zero attached hydrogens (tertiary/aromatic N) is 1. The van der Waals surface area contributed by atoms with E-state index in [-0.39, 0.29) is 24.8 Å². The first kappa shape index (κ1) is 19.3. The Bertz CT molecular complexity index is 868. The zero-order valence-corrected chi connectivity index (χ0v) is 15.5. The van der Waals surface area contributed by atoms with Gasteiger partial charge in [0.2, 0.25) is 0 Å². The van der Waals surface area contributed by atoms with Crippen molar-refractivity contribution in [2.24, 2.45) is 5.92 Å². The van der Waals surface area contributed by atoms with Gasteiger partial charge in [-0.15, -0.1) is 0 Å². The number of ether oxygens (including phenoxy) is 1. The summed E-state index contributed by atoms with van der Waals surface area (Å²) in [7, 11) is 0. The lowest BCUT2D eigenvalue weighted by Crippen LogP contribution is -2.46. The number of hydrogen-bond acceptors (Lipinski definition) is 6. The van der Waals surface area contributed by atoms with Gasteiger partial charge in [0.1, 0.15) is 12.6 Å². The maximum absolute atomic E-state index is 12.4. The van der Waals surface area contributed by atoms with Gasteiger partial charge >= 0.3 is 5.97 Å². The first-order valence-electron chi connectivity index (χ1n) is 8.86. The highest BCUT2D eigenvalue weighted by molar-refractivity contribution is 6.21. The minimum absolute atomic E-state index is 0.0605. The van der Waals surface area contributed by atoms with Crippen LogP contribution in [0.2, 0.25) is 0 Å². The Hall–Kier alpha value is -3.42. The molecule has 1 atom stereocenters. The largest absolute Gasteiger partial charge is 0.462 e. The van der Waals surface area contributed by atoms with Gasteiger partial charge in [-0.2, -0.15) is 0 Å². The standard InChI is InChI=1S/C20H20N2O6/c1-12(2)16(21-17(23)15-8-5-10-27-15)20(26)28-11-9-22-18(24)13-6-3-4-7-14(13)19(22)25/h3-8,10,12,16H,9,11H2,1-2H3,(H,21,23). The van der Waals surface area contributed by atoms with E-state index in [1.165, 1.54) is 12.3 Å². The van der Waals surface area contributed by atoms with E-state index in [0.29, 0.717) is 11.1 Å². The smallest absolute Gasteiger partial charge is 0.328 e. The summed E-state index contributed by atoms with van der Waals surface area (Å²) in [6, 6.07) is 8.70. The van der Waals surface area contributed by atoms with E-state index in [4.69, 9.17) is 9.15 Å². The fourth-order valence-electron chi connectivity index (χ4n) is 2.89. The summed E-state index contributed by atoms with van der Waals surface area (Å²) in [6.45, 7) is 3.30. The number of esters is 1. The van der Waals surface area contributed by atoms with Crippen LogP contribution in [-0.4, -0.2) is 47.8 Å². The van der Waals surface area contributed by atoms with Crippen LogP contribution in [0.25, 0.3) is 0 Å². The Morgan fingerprint density at radius 1 is 1.07 bits per heavy atom. The lowest BCUT2D eigenvalue weighted by Gasteiger charge is -2.21. The Balaban J connectivity index is 1.56. The predicted octanol–water partition coefficient (Wildman–Crippen LogP) is 1.87. The number of carbonyl (C=O) groups is 4. The quantitative estimate of drug-likeness (QED) is 0.577. The topological polar surface area (TPSA) is 106 Å². The predicted molar refractivity (Wildman–Crippen MR) is 97.6 cm³/mol. The minimum Gasteiger partial charge on any atom is -0.462 e. The molecule has 1 aromatic heterocycles. The zero-order valence-electron chi connectivity index (χ0n) is 15.5. The van der Waals surface area contributed by atoms with Crippen LogP contribution in [-0.2, 0) is 9.53 Å². The first-order valence-corrected chi connectivity index (χ1v) is 8.86. The third-order valence-corrected chi connectivity index (χ3v) is 4.39. The van der Waals surface area contributed by atoms with Crippen molar-refractivity contribution in [2.45, 2.75) is 19.9 Å². The number of rotatable bonds is 7. The van der Waals surface area contributed by atoms with Crippen LogP contribution < -0.4 is 5.32 Å². The van der Waals surface area contributed by atoms with E-state index >= 15 is 0 Å². The Labute approximate surface area is 161 Å². The molecule has 0 fully saturated rings. The minimum atomic E-state index is -0.889. The fourth-order valence-corrected chi connectivity index (χ4v) is 2.89. The van der Waals surface area contributed by atoms with Crippen LogP contribution in [0.15, 0.2) is 47.1 Å². The Morgan fingerprint density at radius 2 is 1.71 bits per heavy atom. The molecule has 1 unspecified atom stereocenters. The van der Waals surface area contributed by atoms with Gasteiger partial charge in [0.05, 0.1) is 23.9 Å². The number of furan rings is 1. The molecule has 3 rings (SSSR count). The van der Waals surface area contributed by atoms with Crippen LogP contribution >= 0.6 is 0 Å². The number of fused-ring (bicyclic) bond motifs is 1. The molecule has 0 spiro atoms. The maximum Gasteiger partial charge on any atom is 0.328 e. The number of amides is 3. The monoisotopic (exact) mass is 384 g/mol. The molecule has 1 aromatic carbocycles. The van der Waals surface area contributed by atoms with Gasteiger partial charge in [0.15, 0.2) is 5.76 Å². The van der Waals surface area contributed by atoms with Gasteiger partial charge in [-0.3, -0.25) is 19.3 Å². The van der Waals surface area contributed by atoms with Gasteiger partial charge in [-0.1, -0.05) is 26.0 Å². The van der Waals surface area contributed by atoms with Crippen molar-refractivity contribution in [2.75, 3.05) is 13.2 Å². The maximum atomic E-state index is 12.4. The summed E-state index contributed by atoms with van der Waals surface area (Å²) in [5.41, 5.74) is 0.675. The second-order valence-electron chi connectivity index (χ2n) is 6.65. The van der Waals surface area contributed by atoms with Gasteiger partial charge < -0.3 is 14.5 Å². The SMILES string of the molecule is CC(C)C(NC(=O)c1ccco1)C(=O)OCCN1C(=O)c2ccccc2C1=O. The summed E-state index contributed by atoms with van der Waals surface area (Å²) < 4.78 is 10.2. The van der Waals surface area contributed by atoms with E-state index in [1.807, 2.05) is 0 Å². The molecule has 2 heterocycles. The molecule has 0 saturated carbocycles. The molecule has 8 heteroatoms. The first-order chi connectivity index (χ1) is 13.4. The number of carbonyl (C=O) groups excluding carboxylic acids is 4. The fraction of sp³-hybridized carbons (Fsp3) is 0.300. The van der Waals surface area contributed by atoms with E-state index < -0.39 is 29.7 Å². The van der Waals surface area contributed by atoms with E-state index in [1.54, 1.807) is 44.2 Å². The van der Waals surface area contributed by atoms with Gasteiger partial charge in [-0.25, -0.2) is 4.79 Å². The van der Waals surface area contributed by atoms with E-state index in [0.717, 1.165) is 4.90 Å². The summed E-state index contributed by atoms with van der Waals surface area (Å²) in [5, 5.41) is 2.57. The number of hydrogen-bond donors (Lipinski definition) is 1. The molecular formula is C20H20N2O6. The van der Waals surface area contributed by atoms with Crippen molar-refractivity contribution in [1.82, 2.24) is 10.2 Å². The lowest BCUT2D eigenvalue weighted by molar-refractivity contribution is -0.147.